The van der Waals surface area contributed by atoms with Gasteiger partial charge in [-0.3, -0.25) is 0 Å². The Morgan fingerprint density at radius 2 is 1.71 bits per heavy atom. The van der Waals surface area contributed by atoms with Crippen molar-refractivity contribution in [1.29, 1.82) is 10.5 Å². The number of aliphatic hydroxyl groups excluding tert-OH is 1. The number of nitriles is 2. The predicted octanol–water partition coefficient (Wildman–Crippen LogP) is 6.39. The largest absolute Gasteiger partial charge is 0.491 e. The fraction of sp³-hybridized carbons (Fsp3) is 0.214. The maximum absolute atomic E-state index is 10.2. The van der Waals surface area contributed by atoms with Crippen molar-refractivity contribution in [1.82, 2.24) is 9.97 Å². The molecule has 2 aromatic carbocycles. The van der Waals surface area contributed by atoms with E-state index in [9.17, 15) is 10.5 Å². The number of aliphatic hydroxyl groups is 1. The molecule has 0 aliphatic heterocycles. The van der Waals surface area contributed by atoms with Crippen molar-refractivity contribution in [3.8, 4) is 39.6 Å². The molecule has 0 aliphatic carbocycles. The van der Waals surface area contributed by atoms with Crippen molar-refractivity contribution in [3.05, 3.63) is 75.8 Å². The number of nitrogens with zero attached hydrogens (tertiary/aromatic N) is 5. The SMILES string of the molecule is CCN(C)c1nc(SCc2csc(-c3ccc(Cl)cc3)n2)c(C#N)c(-c2ccc(OCCO)cc2)c1C#N. The van der Waals surface area contributed by atoms with E-state index in [2.05, 4.69) is 12.1 Å². The van der Waals surface area contributed by atoms with Crippen LogP contribution in [-0.2, 0) is 5.75 Å². The maximum Gasteiger partial charge on any atom is 0.148 e. The normalized spacial score (nSPS) is 10.6. The molecule has 0 unspecified atom stereocenters. The van der Waals surface area contributed by atoms with E-state index in [1.807, 2.05) is 60.6 Å². The molecule has 0 amide bonds. The van der Waals surface area contributed by atoms with Crippen LogP contribution in [0.1, 0.15) is 23.7 Å². The van der Waals surface area contributed by atoms with E-state index in [4.69, 9.17) is 31.4 Å². The summed E-state index contributed by atoms with van der Waals surface area (Å²) in [5.74, 6) is 1.63. The van der Waals surface area contributed by atoms with Crippen molar-refractivity contribution in [2.45, 2.75) is 17.7 Å². The van der Waals surface area contributed by atoms with Gasteiger partial charge in [-0.2, -0.15) is 10.5 Å². The first kappa shape index (κ1) is 27.4. The number of halogens is 1. The number of thioether (sulfide) groups is 1. The van der Waals surface area contributed by atoms with E-state index in [0.717, 1.165) is 16.3 Å². The van der Waals surface area contributed by atoms with Crippen molar-refractivity contribution in [3.63, 3.8) is 0 Å². The maximum atomic E-state index is 10.2. The molecule has 0 radical (unpaired) electrons. The number of aromatic nitrogens is 2. The van der Waals surface area contributed by atoms with E-state index in [1.54, 1.807) is 23.5 Å². The van der Waals surface area contributed by atoms with E-state index in [1.165, 1.54) is 11.8 Å². The van der Waals surface area contributed by atoms with Gasteiger partial charge in [0.2, 0.25) is 0 Å². The highest BCUT2D eigenvalue weighted by atomic mass is 35.5. The van der Waals surface area contributed by atoms with Crippen molar-refractivity contribution in [2.24, 2.45) is 0 Å². The lowest BCUT2D eigenvalue weighted by atomic mass is 9.96. The quantitative estimate of drug-likeness (QED) is 0.222. The number of ether oxygens (including phenoxy) is 1. The number of rotatable bonds is 10. The Morgan fingerprint density at radius 1 is 1.03 bits per heavy atom. The summed E-state index contributed by atoms with van der Waals surface area (Å²) in [4.78, 5) is 11.4. The second-order valence-corrected chi connectivity index (χ2v) is 10.4. The molecule has 2 heterocycles. The van der Waals surface area contributed by atoms with Crippen molar-refractivity contribution >= 4 is 40.5 Å². The van der Waals surface area contributed by atoms with E-state index < -0.39 is 0 Å². The van der Waals surface area contributed by atoms with Crippen LogP contribution in [0.15, 0.2) is 58.9 Å². The first-order valence-corrected chi connectivity index (χ1v) is 14.0. The van der Waals surface area contributed by atoms with Gasteiger partial charge < -0.3 is 14.7 Å². The Hall–Kier alpha value is -3.60. The Bertz CT molecular complexity index is 1490. The summed E-state index contributed by atoms with van der Waals surface area (Å²) in [7, 11) is 1.87. The molecule has 0 fully saturated rings. The molecule has 38 heavy (non-hydrogen) atoms. The number of benzene rings is 2. The first-order valence-electron chi connectivity index (χ1n) is 11.8. The number of anilines is 1. The second kappa shape index (κ2) is 12.8. The monoisotopic (exact) mass is 561 g/mol. The Kier molecular flexibility index (Phi) is 9.22. The average Bonchev–Trinajstić information content (AvgIpc) is 3.43. The third-order valence-electron chi connectivity index (χ3n) is 5.71. The summed E-state index contributed by atoms with van der Waals surface area (Å²) in [6, 6.07) is 19.3. The second-order valence-electron chi connectivity index (χ2n) is 8.14. The van der Waals surface area contributed by atoms with Crippen LogP contribution in [-0.4, -0.2) is 41.9 Å². The van der Waals surface area contributed by atoms with Crippen LogP contribution < -0.4 is 9.64 Å². The molecule has 10 heteroatoms. The zero-order chi connectivity index (χ0) is 27.1. The van der Waals surface area contributed by atoms with Gasteiger partial charge in [-0.05, 0) is 36.8 Å². The van der Waals surface area contributed by atoms with Gasteiger partial charge in [-0.25, -0.2) is 9.97 Å². The van der Waals surface area contributed by atoms with Gasteiger partial charge in [0.1, 0.15) is 45.9 Å². The minimum Gasteiger partial charge on any atom is -0.491 e. The molecule has 0 bridgehead atoms. The van der Waals surface area contributed by atoms with Crippen LogP contribution >= 0.6 is 34.7 Å². The van der Waals surface area contributed by atoms with E-state index in [0.29, 0.717) is 56.2 Å². The molecule has 0 atom stereocenters. The smallest absolute Gasteiger partial charge is 0.148 e. The summed E-state index contributed by atoms with van der Waals surface area (Å²) in [5, 5.41) is 33.4. The number of thiazole rings is 1. The van der Waals surface area contributed by atoms with Crippen LogP contribution in [0, 0.1) is 22.7 Å². The summed E-state index contributed by atoms with van der Waals surface area (Å²) in [6.45, 7) is 2.72. The molecular formula is C28H24ClN5O2S2. The third kappa shape index (κ3) is 6.09. The highest BCUT2D eigenvalue weighted by Gasteiger charge is 2.23. The highest BCUT2D eigenvalue weighted by molar-refractivity contribution is 7.98. The fourth-order valence-electron chi connectivity index (χ4n) is 3.70. The lowest BCUT2D eigenvalue weighted by molar-refractivity contribution is 0.201. The molecule has 192 valence electrons. The molecule has 1 N–H and O–H groups in total. The van der Waals surface area contributed by atoms with Gasteiger partial charge in [-0.15, -0.1) is 11.3 Å². The topological polar surface area (TPSA) is 106 Å². The number of hydrogen-bond donors (Lipinski definition) is 1. The third-order valence-corrected chi connectivity index (χ3v) is 7.91. The minimum absolute atomic E-state index is 0.0866. The zero-order valence-electron chi connectivity index (χ0n) is 20.8. The summed E-state index contributed by atoms with van der Waals surface area (Å²) in [5.41, 5.74) is 3.80. The van der Waals surface area contributed by atoms with Gasteiger partial charge in [0.15, 0.2) is 0 Å². The molecule has 4 aromatic rings. The summed E-state index contributed by atoms with van der Waals surface area (Å²) in [6.07, 6.45) is 0. The lowest BCUT2D eigenvalue weighted by Gasteiger charge is -2.21. The van der Waals surface area contributed by atoms with Gasteiger partial charge >= 0.3 is 0 Å². The number of hydrogen-bond acceptors (Lipinski definition) is 9. The van der Waals surface area contributed by atoms with Crippen LogP contribution in [0.2, 0.25) is 5.02 Å². The van der Waals surface area contributed by atoms with Crippen molar-refractivity contribution < 1.29 is 9.84 Å². The average molecular weight is 562 g/mol. The molecule has 2 aromatic heterocycles. The minimum atomic E-state index is -0.0866. The summed E-state index contributed by atoms with van der Waals surface area (Å²) >= 11 is 8.98. The van der Waals surface area contributed by atoms with Gasteiger partial charge in [0.25, 0.3) is 0 Å². The van der Waals surface area contributed by atoms with Gasteiger partial charge in [0.05, 0.1) is 17.9 Å². The molecular weight excluding hydrogens is 538 g/mol. The molecule has 0 saturated heterocycles. The lowest BCUT2D eigenvalue weighted by Crippen LogP contribution is -2.20. The van der Waals surface area contributed by atoms with Gasteiger partial charge in [-0.1, -0.05) is 47.6 Å². The summed E-state index contributed by atoms with van der Waals surface area (Å²) < 4.78 is 5.47. The predicted molar refractivity (Wildman–Crippen MR) is 153 cm³/mol. The Balaban J connectivity index is 1.71. The zero-order valence-corrected chi connectivity index (χ0v) is 23.2. The fourth-order valence-corrected chi connectivity index (χ4v) is 5.64. The Morgan fingerprint density at radius 3 is 2.34 bits per heavy atom. The van der Waals surface area contributed by atoms with E-state index in [-0.39, 0.29) is 13.2 Å². The van der Waals surface area contributed by atoms with Crippen LogP contribution in [0.5, 0.6) is 5.75 Å². The molecule has 7 nitrogen and oxygen atoms in total. The van der Waals surface area contributed by atoms with Crippen molar-refractivity contribution in [2.75, 3.05) is 31.7 Å². The molecule has 0 spiro atoms. The molecule has 0 saturated carbocycles. The Labute approximate surface area is 234 Å². The van der Waals surface area contributed by atoms with Crippen LogP contribution in [0.4, 0.5) is 5.82 Å². The standard InChI is InChI=1S/C28H24ClN5O2S2/c1-3-34(2)26-23(14-30)25(18-6-10-22(11-7-18)36-13-12-35)24(15-31)28(33-26)38-17-21-16-37-27(32-21)19-4-8-20(29)9-5-19/h4-11,16,35H,3,12-13,17H2,1-2H3. The highest BCUT2D eigenvalue weighted by Crippen LogP contribution is 2.39. The number of pyridine rings is 1. The molecule has 0 aliphatic rings. The van der Waals surface area contributed by atoms with E-state index >= 15 is 0 Å². The molecule has 4 rings (SSSR count). The van der Waals surface area contributed by atoms with Crippen LogP contribution in [0.25, 0.3) is 21.7 Å². The van der Waals surface area contributed by atoms with Crippen LogP contribution in [0.3, 0.4) is 0 Å². The first-order chi connectivity index (χ1) is 18.5. The van der Waals surface area contributed by atoms with Gasteiger partial charge in [0, 0.05) is 40.9 Å².